The number of carbonyl (C=O) groups excluding carboxylic acids is 1. The lowest BCUT2D eigenvalue weighted by atomic mass is 10.1. The van der Waals surface area contributed by atoms with Crippen LogP contribution in [0, 0.1) is 11.3 Å². The predicted octanol–water partition coefficient (Wildman–Crippen LogP) is 4.98. The van der Waals surface area contributed by atoms with E-state index in [2.05, 4.69) is 29.3 Å². The Morgan fingerprint density at radius 3 is 2.13 bits per heavy atom. The number of nitriles is 1. The molecule has 1 N–H and O–H groups in total. The van der Waals surface area contributed by atoms with E-state index in [-0.39, 0.29) is 11.5 Å². The van der Waals surface area contributed by atoms with Crippen LogP contribution in [0.2, 0.25) is 0 Å². The van der Waals surface area contributed by atoms with Crippen molar-refractivity contribution < 1.29 is 4.79 Å². The first-order valence-corrected chi connectivity index (χ1v) is 10.5. The predicted molar refractivity (Wildman–Crippen MR) is 126 cm³/mol. The molecule has 0 aromatic heterocycles. The second kappa shape index (κ2) is 11.4. The SMILES string of the molecule is CCN(Cc1ccccc1)c1ccc(/C=C(/C#N)C(=O)NCCc2ccccc2)cc1. The van der Waals surface area contributed by atoms with Crippen molar-refractivity contribution in [2.75, 3.05) is 18.0 Å². The third-order valence-electron chi connectivity index (χ3n) is 5.07. The summed E-state index contributed by atoms with van der Waals surface area (Å²) in [6.45, 7) is 4.34. The lowest BCUT2D eigenvalue weighted by Gasteiger charge is -2.23. The summed E-state index contributed by atoms with van der Waals surface area (Å²) >= 11 is 0. The van der Waals surface area contributed by atoms with Crippen molar-refractivity contribution in [3.8, 4) is 6.07 Å². The van der Waals surface area contributed by atoms with Crippen LogP contribution in [0.4, 0.5) is 5.69 Å². The van der Waals surface area contributed by atoms with E-state index in [0.29, 0.717) is 6.54 Å². The van der Waals surface area contributed by atoms with Gasteiger partial charge in [0.1, 0.15) is 11.6 Å². The number of hydrogen-bond donors (Lipinski definition) is 1. The van der Waals surface area contributed by atoms with E-state index in [9.17, 15) is 10.1 Å². The number of hydrogen-bond acceptors (Lipinski definition) is 3. The van der Waals surface area contributed by atoms with Crippen LogP contribution >= 0.6 is 0 Å². The van der Waals surface area contributed by atoms with E-state index in [1.807, 2.05) is 78.9 Å². The second-order valence-corrected chi connectivity index (χ2v) is 7.25. The maximum Gasteiger partial charge on any atom is 0.261 e. The minimum atomic E-state index is -0.346. The van der Waals surface area contributed by atoms with Gasteiger partial charge in [-0.15, -0.1) is 0 Å². The minimum absolute atomic E-state index is 0.109. The number of benzene rings is 3. The molecule has 3 aromatic rings. The summed E-state index contributed by atoms with van der Waals surface area (Å²) in [4.78, 5) is 14.7. The van der Waals surface area contributed by atoms with Crippen LogP contribution in [0.3, 0.4) is 0 Å². The number of rotatable bonds is 9. The molecular weight excluding hydrogens is 382 g/mol. The van der Waals surface area contributed by atoms with Crippen LogP contribution in [0.1, 0.15) is 23.6 Å². The molecule has 3 rings (SSSR count). The first-order valence-electron chi connectivity index (χ1n) is 10.5. The average molecular weight is 410 g/mol. The molecule has 0 heterocycles. The largest absolute Gasteiger partial charge is 0.367 e. The smallest absolute Gasteiger partial charge is 0.261 e. The van der Waals surface area contributed by atoms with Gasteiger partial charge >= 0.3 is 0 Å². The van der Waals surface area contributed by atoms with E-state index in [1.165, 1.54) is 5.56 Å². The number of amides is 1. The molecule has 3 aromatic carbocycles. The van der Waals surface area contributed by atoms with Gasteiger partial charge in [0.15, 0.2) is 0 Å². The lowest BCUT2D eigenvalue weighted by molar-refractivity contribution is -0.117. The van der Waals surface area contributed by atoms with Crippen molar-refractivity contribution in [2.45, 2.75) is 19.9 Å². The summed E-state index contributed by atoms with van der Waals surface area (Å²) in [7, 11) is 0. The Labute approximate surface area is 184 Å². The molecule has 0 saturated carbocycles. The Balaban J connectivity index is 1.61. The molecule has 0 unspecified atom stereocenters. The maximum absolute atomic E-state index is 12.4. The Bertz CT molecular complexity index is 1040. The van der Waals surface area contributed by atoms with Crippen molar-refractivity contribution in [1.82, 2.24) is 5.32 Å². The molecule has 4 heteroatoms. The molecule has 31 heavy (non-hydrogen) atoms. The summed E-state index contributed by atoms with van der Waals surface area (Å²) in [5, 5.41) is 12.3. The van der Waals surface area contributed by atoms with Gasteiger partial charge in [-0.05, 0) is 48.2 Å². The van der Waals surface area contributed by atoms with Gasteiger partial charge in [0, 0.05) is 25.3 Å². The molecule has 0 aliphatic carbocycles. The topological polar surface area (TPSA) is 56.1 Å². The van der Waals surface area contributed by atoms with Crippen molar-refractivity contribution in [2.24, 2.45) is 0 Å². The highest BCUT2D eigenvalue weighted by Crippen LogP contribution is 2.19. The monoisotopic (exact) mass is 409 g/mol. The molecule has 0 bridgehead atoms. The van der Waals surface area contributed by atoms with Crippen molar-refractivity contribution in [1.29, 1.82) is 5.26 Å². The minimum Gasteiger partial charge on any atom is -0.367 e. The molecule has 0 aliphatic rings. The van der Waals surface area contributed by atoms with Gasteiger partial charge in [0.2, 0.25) is 0 Å². The van der Waals surface area contributed by atoms with Crippen molar-refractivity contribution in [3.63, 3.8) is 0 Å². The first-order chi connectivity index (χ1) is 15.2. The Hall–Kier alpha value is -3.84. The third kappa shape index (κ3) is 6.58. The third-order valence-corrected chi connectivity index (χ3v) is 5.07. The fourth-order valence-corrected chi connectivity index (χ4v) is 3.35. The van der Waals surface area contributed by atoms with E-state index in [4.69, 9.17) is 0 Å². The molecule has 156 valence electrons. The standard InChI is InChI=1S/C27H27N3O/c1-2-30(21-24-11-7-4-8-12-24)26-15-13-23(14-16-26)19-25(20-28)27(31)29-18-17-22-9-5-3-6-10-22/h3-16,19H,2,17-18,21H2,1H3,(H,29,31)/b25-19-. The quantitative estimate of drug-likeness (QED) is 0.401. The molecule has 0 aliphatic heterocycles. The summed E-state index contributed by atoms with van der Waals surface area (Å²) in [5.74, 6) is -0.346. The fourth-order valence-electron chi connectivity index (χ4n) is 3.35. The van der Waals surface area contributed by atoms with Gasteiger partial charge in [0.25, 0.3) is 5.91 Å². The molecule has 0 spiro atoms. The second-order valence-electron chi connectivity index (χ2n) is 7.25. The highest BCUT2D eigenvalue weighted by molar-refractivity contribution is 6.01. The van der Waals surface area contributed by atoms with E-state index < -0.39 is 0 Å². The van der Waals surface area contributed by atoms with Gasteiger partial charge in [0.05, 0.1) is 0 Å². The van der Waals surface area contributed by atoms with Crippen LogP contribution in [-0.2, 0) is 17.8 Å². The molecule has 0 radical (unpaired) electrons. The Morgan fingerprint density at radius 2 is 1.55 bits per heavy atom. The fraction of sp³-hybridized carbons (Fsp3) is 0.185. The summed E-state index contributed by atoms with van der Waals surface area (Å²) in [6, 6.07) is 30.3. The van der Waals surface area contributed by atoms with Gasteiger partial charge < -0.3 is 10.2 Å². The maximum atomic E-state index is 12.4. The van der Waals surface area contributed by atoms with Crippen LogP contribution in [0.5, 0.6) is 0 Å². The lowest BCUT2D eigenvalue weighted by Crippen LogP contribution is -2.26. The van der Waals surface area contributed by atoms with E-state index in [1.54, 1.807) is 6.08 Å². The van der Waals surface area contributed by atoms with E-state index in [0.717, 1.165) is 36.3 Å². The zero-order valence-corrected chi connectivity index (χ0v) is 17.8. The van der Waals surface area contributed by atoms with Gasteiger partial charge in [-0.3, -0.25) is 4.79 Å². The molecule has 0 fully saturated rings. The molecule has 4 nitrogen and oxygen atoms in total. The highest BCUT2D eigenvalue weighted by atomic mass is 16.1. The van der Waals surface area contributed by atoms with Crippen LogP contribution < -0.4 is 10.2 Å². The average Bonchev–Trinajstić information content (AvgIpc) is 2.82. The van der Waals surface area contributed by atoms with Gasteiger partial charge in [-0.25, -0.2) is 0 Å². The molecular formula is C27H27N3O. The molecule has 0 atom stereocenters. The summed E-state index contributed by atoms with van der Waals surface area (Å²) in [6.07, 6.45) is 2.36. The molecule has 1 amide bonds. The number of nitrogens with one attached hydrogen (secondary N) is 1. The van der Waals surface area contributed by atoms with E-state index >= 15 is 0 Å². The zero-order chi connectivity index (χ0) is 21.9. The normalized spacial score (nSPS) is 10.9. The van der Waals surface area contributed by atoms with Crippen molar-refractivity contribution in [3.05, 3.63) is 107 Å². The Kier molecular flexibility index (Phi) is 8.02. The Morgan fingerprint density at radius 1 is 0.935 bits per heavy atom. The van der Waals surface area contributed by atoms with Gasteiger partial charge in [-0.1, -0.05) is 72.8 Å². The number of anilines is 1. The number of nitrogens with zero attached hydrogens (tertiary/aromatic N) is 2. The highest BCUT2D eigenvalue weighted by Gasteiger charge is 2.09. The summed E-state index contributed by atoms with van der Waals surface area (Å²) < 4.78 is 0. The zero-order valence-electron chi connectivity index (χ0n) is 17.8. The van der Waals surface area contributed by atoms with Crippen LogP contribution in [-0.4, -0.2) is 19.0 Å². The molecule has 0 saturated heterocycles. The van der Waals surface area contributed by atoms with Crippen LogP contribution in [0.15, 0.2) is 90.5 Å². The number of carbonyl (C=O) groups is 1. The van der Waals surface area contributed by atoms with Gasteiger partial charge in [-0.2, -0.15) is 5.26 Å². The first kappa shape index (κ1) is 21.9. The van der Waals surface area contributed by atoms with Crippen LogP contribution in [0.25, 0.3) is 6.08 Å². The van der Waals surface area contributed by atoms with Crippen molar-refractivity contribution >= 4 is 17.7 Å². The summed E-state index contributed by atoms with van der Waals surface area (Å²) in [5.41, 5.74) is 4.45.